The number of amides is 1. The van der Waals surface area contributed by atoms with Gasteiger partial charge in [-0.3, -0.25) is 4.79 Å². The summed E-state index contributed by atoms with van der Waals surface area (Å²) in [5.74, 6) is 2.18. The smallest absolute Gasteiger partial charge is 0.222 e. The monoisotopic (exact) mass is 407 g/mol. The highest BCUT2D eigenvalue weighted by Gasteiger charge is 2.11. The number of hydrogen-bond acceptors (Lipinski definition) is 3. The van der Waals surface area contributed by atoms with E-state index in [1.165, 1.54) is 5.56 Å². The number of imidazole rings is 1. The van der Waals surface area contributed by atoms with Gasteiger partial charge in [0, 0.05) is 18.9 Å². The minimum Gasteiger partial charge on any atom is -0.492 e. The topological polar surface area (TPSA) is 56.1 Å². The van der Waals surface area contributed by atoms with Gasteiger partial charge in [0.25, 0.3) is 0 Å². The average Bonchev–Trinajstić information content (AvgIpc) is 3.09. The van der Waals surface area contributed by atoms with Crippen LogP contribution in [0.4, 0.5) is 0 Å². The zero-order valence-electron chi connectivity index (χ0n) is 18.4. The van der Waals surface area contributed by atoms with Crippen molar-refractivity contribution in [2.75, 3.05) is 13.2 Å². The first-order valence-corrected chi connectivity index (χ1v) is 11.0. The van der Waals surface area contributed by atoms with Crippen molar-refractivity contribution in [2.45, 2.75) is 53.0 Å². The molecule has 0 aliphatic carbocycles. The molecule has 1 heterocycles. The summed E-state index contributed by atoms with van der Waals surface area (Å²) in [7, 11) is 0. The number of unbranched alkanes of at least 4 members (excludes halogenated alkanes) is 2. The summed E-state index contributed by atoms with van der Waals surface area (Å²) in [5, 5.41) is 2.98. The van der Waals surface area contributed by atoms with E-state index in [0.717, 1.165) is 61.4 Å². The molecular weight excluding hydrogens is 374 g/mol. The van der Waals surface area contributed by atoms with Crippen LogP contribution in [0.5, 0.6) is 5.75 Å². The van der Waals surface area contributed by atoms with Crippen molar-refractivity contribution in [3.63, 3.8) is 0 Å². The van der Waals surface area contributed by atoms with Crippen molar-refractivity contribution in [3.8, 4) is 5.75 Å². The molecule has 3 rings (SSSR count). The highest BCUT2D eigenvalue weighted by Crippen LogP contribution is 2.18. The largest absolute Gasteiger partial charge is 0.492 e. The maximum absolute atomic E-state index is 11.6. The first-order chi connectivity index (χ1) is 14.5. The summed E-state index contributed by atoms with van der Waals surface area (Å²) in [4.78, 5) is 16.5. The van der Waals surface area contributed by atoms with Gasteiger partial charge in [-0.15, -0.1) is 0 Å². The molecule has 1 aromatic heterocycles. The molecule has 0 atom stereocenters. The van der Waals surface area contributed by atoms with Crippen LogP contribution >= 0.6 is 0 Å². The predicted molar refractivity (Wildman–Crippen MR) is 122 cm³/mol. The molecule has 0 bridgehead atoms. The zero-order valence-corrected chi connectivity index (χ0v) is 18.4. The fraction of sp³-hybridized carbons (Fsp3) is 0.440. The average molecular weight is 408 g/mol. The van der Waals surface area contributed by atoms with E-state index in [1.807, 2.05) is 32.0 Å². The molecule has 1 N–H and O–H groups in total. The second kappa shape index (κ2) is 10.8. The van der Waals surface area contributed by atoms with Crippen LogP contribution in [0.15, 0.2) is 48.5 Å². The summed E-state index contributed by atoms with van der Waals surface area (Å²) < 4.78 is 8.23. The van der Waals surface area contributed by atoms with Crippen molar-refractivity contribution < 1.29 is 9.53 Å². The summed E-state index contributed by atoms with van der Waals surface area (Å²) in [6.45, 7) is 8.04. The number of aryl methyl sites for hydroxylation is 2. The Morgan fingerprint density at radius 2 is 1.83 bits per heavy atom. The number of ether oxygens (including phenoxy) is 1. The molecule has 0 radical (unpaired) electrons. The lowest BCUT2D eigenvalue weighted by atomic mass is 10.1. The van der Waals surface area contributed by atoms with Crippen LogP contribution in [0.3, 0.4) is 0 Å². The molecule has 0 fully saturated rings. The van der Waals surface area contributed by atoms with Gasteiger partial charge in [-0.25, -0.2) is 4.98 Å². The van der Waals surface area contributed by atoms with Crippen molar-refractivity contribution in [1.82, 2.24) is 14.9 Å². The van der Waals surface area contributed by atoms with Crippen molar-refractivity contribution >= 4 is 16.9 Å². The molecule has 0 spiro atoms. The van der Waals surface area contributed by atoms with Crippen molar-refractivity contribution in [3.05, 3.63) is 59.9 Å². The molecule has 0 unspecified atom stereocenters. The van der Waals surface area contributed by atoms with Crippen LogP contribution in [0.2, 0.25) is 0 Å². The molecule has 5 nitrogen and oxygen atoms in total. The van der Waals surface area contributed by atoms with Crippen LogP contribution in [0.1, 0.15) is 44.5 Å². The van der Waals surface area contributed by atoms with Crippen molar-refractivity contribution in [1.29, 1.82) is 0 Å². The van der Waals surface area contributed by atoms with Crippen LogP contribution in [0, 0.1) is 12.8 Å². The Bertz CT molecular complexity index is 945. The molecule has 30 heavy (non-hydrogen) atoms. The molecule has 3 aromatic rings. The maximum atomic E-state index is 11.6. The Kier molecular flexibility index (Phi) is 7.89. The van der Waals surface area contributed by atoms with Gasteiger partial charge in [0.15, 0.2) is 0 Å². The van der Waals surface area contributed by atoms with E-state index in [-0.39, 0.29) is 11.8 Å². The summed E-state index contributed by atoms with van der Waals surface area (Å²) >= 11 is 0. The zero-order chi connectivity index (χ0) is 21.3. The van der Waals surface area contributed by atoms with Gasteiger partial charge in [-0.2, -0.15) is 0 Å². The number of nitrogens with zero attached hydrogens (tertiary/aromatic N) is 2. The molecular formula is C25H33N3O2. The third-order valence-electron chi connectivity index (χ3n) is 5.24. The molecule has 0 saturated heterocycles. The first kappa shape index (κ1) is 21.9. The van der Waals surface area contributed by atoms with E-state index in [1.54, 1.807) is 0 Å². The lowest BCUT2D eigenvalue weighted by Gasteiger charge is -2.11. The number of hydrogen-bond donors (Lipinski definition) is 1. The number of rotatable bonds is 11. The van der Waals surface area contributed by atoms with Gasteiger partial charge in [0.1, 0.15) is 18.2 Å². The highest BCUT2D eigenvalue weighted by molar-refractivity contribution is 5.77. The van der Waals surface area contributed by atoms with E-state index in [9.17, 15) is 4.79 Å². The molecule has 0 aliphatic rings. The molecule has 160 valence electrons. The van der Waals surface area contributed by atoms with Gasteiger partial charge in [0.2, 0.25) is 5.91 Å². The Morgan fingerprint density at radius 1 is 1.07 bits per heavy atom. The predicted octanol–water partition coefficient (Wildman–Crippen LogP) is 4.91. The summed E-state index contributed by atoms with van der Waals surface area (Å²) in [6.07, 6.45) is 4.05. The van der Waals surface area contributed by atoms with E-state index < -0.39 is 0 Å². The normalized spacial score (nSPS) is 11.2. The van der Waals surface area contributed by atoms with Crippen LogP contribution in [-0.2, 0) is 17.8 Å². The van der Waals surface area contributed by atoms with Gasteiger partial charge < -0.3 is 14.6 Å². The molecule has 0 aliphatic heterocycles. The SMILES string of the molecule is Cc1ccc(OCCn2c(CCCCCNC(=O)C(C)C)nc3ccccc32)cc1. The number of benzene rings is 2. The third kappa shape index (κ3) is 6.09. The number of para-hydroxylation sites is 2. The van der Waals surface area contributed by atoms with Gasteiger partial charge >= 0.3 is 0 Å². The fourth-order valence-corrected chi connectivity index (χ4v) is 3.46. The number of fused-ring (bicyclic) bond motifs is 1. The number of aromatic nitrogens is 2. The van der Waals surface area contributed by atoms with E-state index >= 15 is 0 Å². The Labute approximate surface area is 179 Å². The summed E-state index contributed by atoms with van der Waals surface area (Å²) in [5.41, 5.74) is 3.42. The van der Waals surface area contributed by atoms with E-state index in [2.05, 4.69) is 47.1 Å². The Hall–Kier alpha value is -2.82. The highest BCUT2D eigenvalue weighted by atomic mass is 16.5. The minimum atomic E-state index is 0.0482. The second-order valence-corrected chi connectivity index (χ2v) is 8.09. The van der Waals surface area contributed by atoms with Crippen molar-refractivity contribution in [2.24, 2.45) is 5.92 Å². The van der Waals surface area contributed by atoms with Gasteiger partial charge in [0.05, 0.1) is 17.6 Å². The molecule has 0 saturated carbocycles. The van der Waals surface area contributed by atoms with E-state index in [0.29, 0.717) is 6.61 Å². The van der Waals surface area contributed by atoms with Gasteiger partial charge in [-0.05, 0) is 44.0 Å². The number of carbonyl (C=O) groups excluding carboxylic acids is 1. The van der Waals surface area contributed by atoms with Crippen LogP contribution < -0.4 is 10.1 Å². The Morgan fingerprint density at radius 3 is 2.60 bits per heavy atom. The minimum absolute atomic E-state index is 0.0482. The Balaban J connectivity index is 1.53. The number of carbonyl (C=O) groups is 1. The molecule has 5 heteroatoms. The van der Waals surface area contributed by atoms with Crippen LogP contribution in [0.25, 0.3) is 11.0 Å². The van der Waals surface area contributed by atoms with E-state index in [4.69, 9.17) is 9.72 Å². The lowest BCUT2D eigenvalue weighted by Crippen LogP contribution is -2.28. The first-order valence-electron chi connectivity index (χ1n) is 11.0. The quantitative estimate of drug-likeness (QED) is 0.460. The van der Waals surface area contributed by atoms with Gasteiger partial charge in [-0.1, -0.05) is 50.1 Å². The third-order valence-corrected chi connectivity index (χ3v) is 5.24. The molecule has 1 amide bonds. The lowest BCUT2D eigenvalue weighted by molar-refractivity contribution is -0.123. The molecule has 2 aromatic carbocycles. The standard InChI is InChI=1S/C25H33N3O2/c1-19(2)25(29)26-16-8-4-5-11-24-27-22-9-6-7-10-23(22)28(24)17-18-30-21-14-12-20(3)13-15-21/h6-7,9-10,12-15,19H,4-5,8,11,16-18H2,1-3H3,(H,26,29). The van der Waals surface area contributed by atoms with Crippen LogP contribution in [-0.4, -0.2) is 28.6 Å². The fourth-order valence-electron chi connectivity index (χ4n) is 3.46. The number of nitrogens with one attached hydrogen (secondary N) is 1. The second-order valence-electron chi connectivity index (χ2n) is 8.09. The maximum Gasteiger partial charge on any atom is 0.222 e. The summed E-state index contributed by atoms with van der Waals surface area (Å²) in [6, 6.07) is 16.4.